The fourth-order valence-electron chi connectivity index (χ4n) is 1.89. The van der Waals surface area contributed by atoms with Gasteiger partial charge in [0.15, 0.2) is 0 Å². The number of benzene rings is 1. The van der Waals surface area contributed by atoms with E-state index in [1.807, 2.05) is 37.4 Å². The number of esters is 1. The zero-order valence-electron chi connectivity index (χ0n) is 12.6. The second-order valence-corrected chi connectivity index (χ2v) is 5.45. The lowest BCUT2D eigenvalue weighted by Gasteiger charge is -2.17. The number of ether oxygens (including phenoxy) is 1. The molecule has 0 aliphatic carbocycles. The molecule has 21 heavy (non-hydrogen) atoms. The van der Waals surface area contributed by atoms with Crippen molar-refractivity contribution < 1.29 is 14.3 Å². The first-order valence-corrected chi connectivity index (χ1v) is 8.24. The number of thioether (sulfide) groups is 1. The van der Waals surface area contributed by atoms with E-state index in [9.17, 15) is 9.59 Å². The van der Waals surface area contributed by atoms with Gasteiger partial charge in [0.2, 0.25) is 0 Å². The number of hydrogen-bond donors (Lipinski definition) is 2. The largest absolute Gasteiger partial charge is 0.467 e. The van der Waals surface area contributed by atoms with E-state index >= 15 is 0 Å². The molecule has 0 spiro atoms. The Morgan fingerprint density at radius 3 is 2.67 bits per heavy atom. The van der Waals surface area contributed by atoms with E-state index in [4.69, 9.17) is 4.74 Å². The number of methoxy groups -OCH3 is 1. The maximum Gasteiger partial charge on any atom is 0.328 e. The van der Waals surface area contributed by atoms with Gasteiger partial charge in [-0.05, 0) is 36.5 Å². The SMILES string of the molecule is CCc1ccccc1NC(=O)NC(CCSC)C(=O)OC. The van der Waals surface area contributed by atoms with Crippen LogP contribution in [0.3, 0.4) is 0 Å². The third kappa shape index (κ3) is 5.67. The Labute approximate surface area is 129 Å². The summed E-state index contributed by atoms with van der Waals surface area (Å²) >= 11 is 1.62. The van der Waals surface area contributed by atoms with E-state index in [1.54, 1.807) is 11.8 Å². The van der Waals surface area contributed by atoms with Crippen LogP contribution in [0.15, 0.2) is 24.3 Å². The lowest BCUT2D eigenvalue weighted by molar-refractivity contribution is -0.142. The highest BCUT2D eigenvalue weighted by atomic mass is 32.2. The fourth-order valence-corrected chi connectivity index (χ4v) is 2.37. The number of carbonyl (C=O) groups excluding carboxylic acids is 2. The Morgan fingerprint density at radius 1 is 1.33 bits per heavy atom. The van der Waals surface area contributed by atoms with Crippen molar-refractivity contribution in [1.29, 1.82) is 0 Å². The first-order valence-electron chi connectivity index (χ1n) is 6.84. The number of para-hydroxylation sites is 1. The summed E-state index contributed by atoms with van der Waals surface area (Å²) in [6.45, 7) is 2.02. The molecule has 0 saturated carbocycles. The highest BCUT2D eigenvalue weighted by molar-refractivity contribution is 7.98. The van der Waals surface area contributed by atoms with Crippen molar-refractivity contribution in [3.63, 3.8) is 0 Å². The van der Waals surface area contributed by atoms with Crippen LogP contribution >= 0.6 is 11.8 Å². The molecule has 2 amide bonds. The molecule has 2 N–H and O–H groups in total. The summed E-state index contributed by atoms with van der Waals surface area (Å²) in [5.74, 6) is 0.342. The molecule has 0 heterocycles. The van der Waals surface area contributed by atoms with Crippen LogP contribution in [0.1, 0.15) is 18.9 Å². The van der Waals surface area contributed by atoms with Crippen LogP contribution in [-0.4, -0.2) is 37.2 Å². The molecule has 6 heteroatoms. The molecule has 1 atom stereocenters. The zero-order chi connectivity index (χ0) is 15.7. The van der Waals surface area contributed by atoms with Gasteiger partial charge in [-0.15, -0.1) is 0 Å². The first kappa shape index (κ1) is 17.4. The van der Waals surface area contributed by atoms with Gasteiger partial charge < -0.3 is 15.4 Å². The van der Waals surface area contributed by atoms with Crippen LogP contribution in [0.25, 0.3) is 0 Å². The topological polar surface area (TPSA) is 67.4 Å². The number of amides is 2. The molecular formula is C15H22N2O3S. The Kier molecular flexibility index (Phi) is 7.68. The summed E-state index contributed by atoms with van der Waals surface area (Å²) in [7, 11) is 1.32. The van der Waals surface area contributed by atoms with Crippen LogP contribution in [0.2, 0.25) is 0 Å². The molecule has 0 aliphatic rings. The molecule has 0 saturated heterocycles. The van der Waals surface area contributed by atoms with E-state index in [0.717, 1.165) is 23.4 Å². The van der Waals surface area contributed by atoms with Gasteiger partial charge in [0.25, 0.3) is 0 Å². The van der Waals surface area contributed by atoms with Gasteiger partial charge in [-0.2, -0.15) is 11.8 Å². The van der Waals surface area contributed by atoms with Crippen LogP contribution in [0.5, 0.6) is 0 Å². The number of anilines is 1. The van der Waals surface area contributed by atoms with E-state index in [0.29, 0.717) is 6.42 Å². The second kappa shape index (κ2) is 9.28. The summed E-state index contributed by atoms with van der Waals surface area (Å²) in [5, 5.41) is 5.45. The van der Waals surface area contributed by atoms with Crippen molar-refractivity contribution in [1.82, 2.24) is 5.32 Å². The normalized spacial score (nSPS) is 11.6. The van der Waals surface area contributed by atoms with E-state index in [-0.39, 0.29) is 0 Å². The first-order chi connectivity index (χ1) is 10.1. The average molecular weight is 310 g/mol. The molecule has 0 fully saturated rings. The van der Waals surface area contributed by atoms with Gasteiger partial charge in [0.1, 0.15) is 6.04 Å². The lowest BCUT2D eigenvalue weighted by atomic mass is 10.1. The molecule has 1 aromatic carbocycles. The predicted octanol–water partition coefficient (Wildman–Crippen LogP) is 2.67. The van der Waals surface area contributed by atoms with Crippen molar-refractivity contribution in [2.45, 2.75) is 25.8 Å². The highest BCUT2D eigenvalue weighted by Gasteiger charge is 2.21. The minimum atomic E-state index is -0.628. The average Bonchev–Trinajstić information content (AvgIpc) is 2.51. The fraction of sp³-hybridized carbons (Fsp3) is 0.467. The number of hydrogen-bond acceptors (Lipinski definition) is 4. The molecule has 0 aliphatic heterocycles. The quantitative estimate of drug-likeness (QED) is 0.760. The van der Waals surface area contributed by atoms with Crippen molar-refractivity contribution in [2.75, 3.05) is 24.4 Å². The van der Waals surface area contributed by atoms with E-state index in [1.165, 1.54) is 7.11 Å². The lowest BCUT2D eigenvalue weighted by Crippen LogP contribution is -2.44. The number of nitrogens with one attached hydrogen (secondary N) is 2. The van der Waals surface area contributed by atoms with Gasteiger partial charge >= 0.3 is 12.0 Å². The molecular weight excluding hydrogens is 288 g/mol. The maximum absolute atomic E-state index is 12.0. The van der Waals surface area contributed by atoms with Crippen LogP contribution in [0.4, 0.5) is 10.5 Å². The van der Waals surface area contributed by atoms with Gasteiger partial charge in [-0.25, -0.2) is 9.59 Å². The maximum atomic E-state index is 12.0. The standard InChI is InChI=1S/C15H22N2O3S/c1-4-11-7-5-6-8-12(11)16-15(19)17-13(9-10-21-3)14(18)20-2/h5-8,13H,4,9-10H2,1-3H3,(H2,16,17,19). The van der Waals surface area contributed by atoms with Gasteiger partial charge in [0.05, 0.1) is 7.11 Å². The molecule has 5 nitrogen and oxygen atoms in total. The Morgan fingerprint density at radius 2 is 2.05 bits per heavy atom. The number of aryl methyl sites for hydroxylation is 1. The third-order valence-electron chi connectivity index (χ3n) is 3.05. The van der Waals surface area contributed by atoms with E-state index < -0.39 is 18.0 Å². The van der Waals surface area contributed by atoms with Gasteiger partial charge in [-0.3, -0.25) is 0 Å². The van der Waals surface area contributed by atoms with Gasteiger partial charge in [-0.1, -0.05) is 25.1 Å². The predicted molar refractivity (Wildman–Crippen MR) is 86.8 cm³/mol. The van der Waals surface area contributed by atoms with Crippen LogP contribution in [-0.2, 0) is 16.0 Å². The van der Waals surface area contributed by atoms with Crippen LogP contribution < -0.4 is 10.6 Å². The van der Waals surface area contributed by atoms with Crippen LogP contribution in [0, 0.1) is 0 Å². The van der Waals surface area contributed by atoms with Gasteiger partial charge in [0, 0.05) is 5.69 Å². The van der Waals surface area contributed by atoms with Crippen molar-refractivity contribution in [3.05, 3.63) is 29.8 Å². The molecule has 0 radical (unpaired) electrons. The molecule has 0 bridgehead atoms. The highest BCUT2D eigenvalue weighted by Crippen LogP contribution is 2.15. The second-order valence-electron chi connectivity index (χ2n) is 4.47. The van der Waals surface area contributed by atoms with E-state index in [2.05, 4.69) is 10.6 Å². The smallest absolute Gasteiger partial charge is 0.328 e. The Bertz CT molecular complexity index is 480. The Balaban J connectivity index is 2.66. The summed E-state index contributed by atoms with van der Waals surface area (Å²) in [5.41, 5.74) is 1.80. The minimum Gasteiger partial charge on any atom is -0.467 e. The summed E-state index contributed by atoms with van der Waals surface area (Å²) in [6, 6.07) is 6.57. The summed E-state index contributed by atoms with van der Waals surface area (Å²) in [6.07, 6.45) is 3.31. The monoisotopic (exact) mass is 310 g/mol. The summed E-state index contributed by atoms with van der Waals surface area (Å²) < 4.78 is 4.71. The molecule has 116 valence electrons. The van der Waals surface area contributed by atoms with Crippen molar-refractivity contribution in [3.8, 4) is 0 Å². The minimum absolute atomic E-state index is 0.396. The number of urea groups is 1. The molecule has 1 rings (SSSR count). The Hall–Kier alpha value is -1.69. The third-order valence-corrected chi connectivity index (χ3v) is 3.69. The summed E-state index contributed by atoms with van der Waals surface area (Å²) in [4.78, 5) is 23.7. The number of carbonyl (C=O) groups is 2. The molecule has 1 unspecified atom stereocenters. The molecule has 1 aromatic rings. The number of rotatable bonds is 7. The zero-order valence-corrected chi connectivity index (χ0v) is 13.5. The molecule has 0 aromatic heterocycles. The van der Waals surface area contributed by atoms with Crippen molar-refractivity contribution in [2.24, 2.45) is 0 Å². The van der Waals surface area contributed by atoms with Crippen molar-refractivity contribution >= 4 is 29.4 Å².